The van der Waals surface area contributed by atoms with E-state index < -0.39 is 30.0 Å². The number of carbonyl (C=O) groups excluding carboxylic acids is 2. The van der Waals surface area contributed by atoms with Gasteiger partial charge in [-0.15, -0.1) is 0 Å². The number of aliphatic carboxylic acids is 1. The van der Waals surface area contributed by atoms with Crippen LogP contribution in [0.2, 0.25) is 0 Å². The van der Waals surface area contributed by atoms with Gasteiger partial charge in [0, 0.05) is 6.42 Å². The second kappa shape index (κ2) is 4.17. The maximum atomic E-state index is 12.0. The molecule has 1 aromatic heterocycles. The zero-order valence-electron chi connectivity index (χ0n) is 9.67. The van der Waals surface area contributed by atoms with Crippen LogP contribution in [0.3, 0.4) is 0 Å². The van der Waals surface area contributed by atoms with Crippen LogP contribution < -0.4 is 5.32 Å². The lowest BCUT2D eigenvalue weighted by atomic mass is 9.96. The van der Waals surface area contributed by atoms with Crippen LogP contribution in [0.5, 0.6) is 0 Å². The first-order chi connectivity index (χ1) is 8.42. The summed E-state index contributed by atoms with van der Waals surface area (Å²) in [7, 11) is 0. The fourth-order valence-corrected chi connectivity index (χ4v) is 1.91. The van der Waals surface area contributed by atoms with Crippen molar-refractivity contribution in [2.24, 2.45) is 0 Å². The lowest BCUT2D eigenvalue weighted by Crippen LogP contribution is -2.46. The fraction of sp³-hybridized carbons (Fsp3) is 0.364. The summed E-state index contributed by atoms with van der Waals surface area (Å²) in [5, 5.41) is 11.1. The molecule has 0 spiro atoms. The van der Waals surface area contributed by atoms with Crippen molar-refractivity contribution in [3.8, 4) is 0 Å². The quantitative estimate of drug-likeness (QED) is 0.746. The number of amides is 3. The Hall–Kier alpha value is -2.31. The van der Waals surface area contributed by atoms with Gasteiger partial charge < -0.3 is 14.8 Å². The monoisotopic (exact) mass is 252 g/mol. The van der Waals surface area contributed by atoms with Crippen molar-refractivity contribution in [3.05, 3.63) is 24.2 Å². The van der Waals surface area contributed by atoms with Gasteiger partial charge in [0.05, 0.1) is 6.26 Å². The van der Waals surface area contributed by atoms with Crippen LogP contribution in [0.25, 0.3) is 0 Å². The summed E-state index contributed by atoms with van der Waals surface area (Å²) < 4.78 is 5.12. The number of carbonyl (C=O) groups is 3. The Morgan fingerprint density at radius 3 is 2.83 bits per heavy atom. The van der Waals surface area contributed by atoms with Crippen molar-refractivity contribution in [1.29, 1.82) is 0 Å². The zero-order valence-corrected chi connectivity index (χ0v) is 9.67. The SMILES string of the molecule is CC1(Cc2ccco2)NC(=O)N(CC(=O)O)C1=O. The number of nitrogens with zero attached hydrogens (tertiary/aromatic N) is 1. The Bertz CT molecular complexity index is 496. The van der Waals surface area contributed by atoms with Crippen LogP contribution in [0.1, 0.15) is 12.7 Å². The molecule has 0 saturated carbocycles. The number of urea groups is 1. The van der Waals surface area contributed by atoms with Gasteiger partial charge in [0.2, 0.25) is 0 Å². The van der Waals surface area contributed by atoms with Crippen LogP contribution in [-0.2, 0) is 16.0 Å². The molecule has 1 saturated heterocycles. The molecule has 3 amide bonds. The topological polar surface area (TPSA) is 99.8 Å². The third-order valence-corrected chi connectivity index (χ3v) is 2.75. The fourth-order valence-electron chi connectivity index (χ4n) is 1.91. The van der Waals surface area contributed by atoms with Crippen LogP contribution in [0, 0.1) is 0 Å². The number of carboxylic acids is 1. The molecule has 1 atom stereocenters. The van der Waals surface area contributed by atoms with E-state index in [1.165, 1.54) is 13.2 Å². The highest BCUT2D eigenvalue weighted by atomic mass is 16.4. The second-order valence-corrected chi connectivity index (χ2v) is 4.30. The minimum absolute atomic E-state index is 0.181. The van der Waals surface area contributed by atoms with Crippen molar-refractivity contribution in [2.45, 2.75) is 18.9 Å². The average molecular weight is 252 g/mol. The maximum absolute atomic E-state index is 12.0. The van der Waals surface area contributed by atoms with Crippen molar-refractivity contribution in [1.82, 2.24) is 10.2 Å². The Balaban J connectivity index is 2.17. The summed E-state index contributed by atoms with van der Waals surface area (Å²) in [5.74, 6) is -1.25. The van der Waals surface area contributed by atoms with Crippen LogP contribution in [-0.4, -0.2) is 40.0 Å². The first-order valence-electron chi connectivity index (χ1n) is 5.31. The number of furan rings is 1. The summed E-state index contributed by atoms with van der Waals surface area (Å²) in [4.78, 5) is 34.9. The van der Waals surface area contributed by atoms with Crippen molar-refractivity contribution in [3.63, 3.8) is 0 Å². The third-order valence-electron chi connectivity index (χ3n) is 2.75. The van der Waals surface area contributed by atoms with Gasteiger partial charge in [-0.1, -0.05) is 0 Å². The minimum atomic E-state index is -1.24. The standard InChI is InChI=1S/C11H12N2O5/c1-11(5-7-3-2-4-18-7)9(16)13(6-8(14)15)10(17)12-11/h2-4H,5-6H2,1H3,(H,12,17)(H,14,15). The first kappa shape index (κ1) is 12.2. The van der Waals surface area contributed by atoms with Crippen molar-refractivity contribution < 1.29 is 23.9 Å². The number of hydrogen-bond donors (Lipinski definition) is 2. The van der Waals surface area contributed by atoms with Gasteiger partial charge >= 0.3 is 12.0 Å². The highest BCUT2D eigenvalue weighted by Crippen LogP contribution is 2.22. The van der Waals surface area contributed by atoms with E-state index in [0.29, 0.717) is 10.7 Å². The number of nitrogens with one attached hydrogen (secondary N) is 1. The molecule has 0 aromatic carbocycles. The lowest BCUT2D eigenvalue weighted by Gasteiger charge is -2.19. The van der Waals surface area contributed by atoms with Crippen LogP contribution in [0.4, 0.5) is 4.79 Å². The summed E-state index contributed by atoms with van der Waals surface area (Å²) in [5.41, 5.74) is -1.16. The van der Waals surface area contributed by atoms with Gasteiger partial charge in [0.1, 0.15) is 17.8 Å². The highest BCUT2D eigenvalue weighted by molar-refractivity contribution is 6.08. The molecule has 18 heavy (non-hydrogen) atoms. The van der Waals surface area contributed by atoms with Gasteiger partial charge in [-0.25, -0.2) is 4.79 Å². The molecule has 1 aliphatic heterocycles. The van der Waals surface area contributed by atoms with E-state index in [1.807, 2.05) is 0 Å². The second-order valence-electron chi connectivity index (χ2n) is 4.30. The lowest BCUT2D eigenvalue weighted by molar-refractivity contribution is -0.142. The first-order valence-corrected chi connectivity index (χ1v) is 5.31. The Morgan fingerprint density at radius 1 is 1.56 bits per heavy atom. The summed E-state index contributed by atoms with van der Waals surface area (Å²) in [6.07, 6.45) is 1.65. The number of carboxylic acid groups (broad SMARTS) is 1. The molecule has 1 aliphatic rings. The van der Waals surface area contributed by atoms with Gasteiger partial charge in [-0.05, 0) is 19.1 Å². The van der Waals surface area contributed by atoms with E-state index in [0.717, 1.165) is 0 Å². The predicted molar refractivity (Wildman–Crippen MR) is 58.7 cm³/mol. The molecular formula is C11H12N2O5. The molecule has 0 bridgehead atoms. The van der Waals surface area contributed by atoms with E-state index >= 15 is 0 Å². The largest absolute Gasteiger partial charge is 0.480 e. The Labute approximate surface area is 102 Å². The summed E-state index contributed by atoms with van der Waals surface area (Å²) in [6.45, 7) is 0.899. The maximum Gasteiger partial charge on any atom is 0.325 e. The molecule has 2 heterocycles. The van der Waals surface area contributed by atoms with E-state index in [-0.39, 0.29) is 6.42 Å². The smallest absolute Gasteiger partial charge is 0.325 e. The number of hydrogen-bond acceptors (Lipinski definition) is 4. The van der Waals surface area contributed by atoms with Gasteiger partial charge in [-0.2, -0.15) is 0 Å². The van der Waals surface area contributed by atoms with E-state index in [9.17, 15) is 14.4 Å². The molecule has 7 heteroatoms. The Morgan fingerprint density at radius 2 is 2.28 bits per heavy atom. The molecule has 0 aliphatic carbocycles. The summed E-state index contributed by atoms with van der Waals surface area (Å²) >= 11 is 0. The third kappa shape index (κ3) is 2.06. The molecule has 2 N–H and O–H groups in total. The van der Waals surface area contributed by atoms with E-state index in [1.54, 1.807) is 12.1 Å². The van der Waals surface area contributed by atoms with Gasteiger partial charge in [0.15, 0.2) is 0 Å². The molecule has 0 radical (unpaired) electrons. The zero-order chi connectivity index (χ0) is 13.3. The van der Waals surface area contributed by atoms with Crippen LogP contribution >= 0.6 is 0 Å². The molecule has 2 rings (SSSR count). The van der Waals surface area contributed by atoms with Gasteiger partial charge in [0.25, 0.3) is 5.91 Å². The summed E-state index contributed by atoms with van der Waals surface area (Å²) in [6, 6.07) is 2.66. The number of rotatable bonds is 4. The molecule has 7 nitrogen and oxygen atoms in total. The molecule has 1 fully saturated rings. The minimum Gasteiger partial charge on any atom is -0.480 e. The highest BCUT2D eigenvalue weighted by Gasteiger charge is 2.48. The predicted octanol–water partition coefficient (Wildman–Crippen LogP) is 0.217. The van der Waals surface area contributed by atoms with Crippen LogP contribution in [0.15, 0.2) is 22.8 Å². The molecule has 1 aromatic rings. The van der Waals surface area contributed by atoms with E-state index in [4.69, 9.17) is 9.52 Å². The van der Waals surface area contributed by atoms with E-state index in [2.05, 4.69) is 5.32 Å². The normalized spacial score (nSPS) is 23.3. The molecule has 96 valence electrons. The van der Waals surface area contributed by atoms with Crippen molar-refractivity contribution in [2.75, 3.05) is 6.54 Å². The molecular weight excluding hydrogens is 240 g/mol. The average Bonchev–Trinajstić information content (AvgIpc) is 2.82. The number of imide groups is 1. The Kier molecular flexibility index (Phi) is 2.82. The molecule has 1 unspecified atom stereocenters. The van der Waals surface area contributed by atoms with Gasteiger partial charge in [-0.3, -0.25) is 14.5 Å². The van der Waals surface area contributed by atoms with Crippen molar-refractivity contribution >= 4 is 17.9 Å².